The molecule has 0 atom stereocenters. The summed E-state index contributed by atoms with van der Waals surface area (Å²) < 4.78 is 4.25. The zero-order valence-corrected chi connectivity index (χ0v) is 7.34. The van der Waals surface area contributed by atoms with Crippen molar-refractivity contribution in [2.75, 3.05) is 28.4 Å². The van der Waals surface area contributed by atoms with Crippen molar-refractivity contribution in [2.45, 2.75) is 0 Å². The van der Waals surface area contributed by atoms with Crippen LogP contribution in [0.2, 0.25) is 0 Å². The Morgan fingerprint density at radius 3 is 1.08 bits per heavy atom. The molecule has 8 heteroatoms. The summed E-state index contributed by atoms with van der Waals surface area (Å²) in [5, 5.41) is 23.8. The van der Waals surface area contributed by atoms with Crippen LogP contribution in [0, 0.1) is 0 Å². The van der Waals surface area contributed by atoms with Crippen molar-refractivity contribution < 1.29 is 40.1 Å². The molecular weight excluding hydrogens is 176 g/mol. The number of methoxy groups -OCH3 is 1. The number of hydrogen-bond donors (Lipinski definition) is 2. The average Bonchev–Trinajstić information content (AvgIpc) is 2.08. The highest BCUT2D eigenvalue weighted by Gasteiger charge is 1.65. The van der Waals surface area contributed by atoms with Crippen LogP contribution >= 0.6 is 0 Å². The standard InChI is InChI=1S/C2H6O.CH4O4.CH4O3/c1-3-2;1-3-5-4-2;1-3-4-2/h1-2H3;2H,1H3;2H,1H3. The lowest BCUT2D eigenvalue weighted by atomic mass is 11.6. The molecule has 0 fully saturated rings. The molecule has 0 unspecified atom stereocenters. The predicted molar refractivity (Wildman–Crippen MR) is 35.5 cm³/mol. The van der Waals surface area contributed by atoms with Gasteiger partial charge in [-0.2, -0.15) is 0 Å². The van der Waals surface area contributed by atoms with Crippen molar-refractivity contribution >= 4 is 0 Å². The minimum atomic E-state index is 1.20. The van der Waals surface area contributed by atoms with Gasteiger partial charge in [0.15, 0.2) is 0 Å². The maximum absolute atomic E-state index is 7.22. The molecular formula is C4H14O8. The van der Waals surface area contributed by atoms with E-state index in [2.05, 4.69) is 29.6 Å². The molecule has 0 amide bonds. The van der Waals surface area contributed by atoms with Crippen LogP contribution in [-0.2, 0) is 29.6 Å². The molecule has 12 heavy (non-hydrogen) atoms. The van der Waals surface area contributed by atoms with E-state index in [-0.39, 0.29) is 0 Å². The monoisotopic (exact) mass is 190 g/mol. The predicted octanol–water partition coefficient (Wildman–Crippen LogP) is 0.269. The van der Waals surface area contributed by atoms with Gasteiger partial charge in [-0.25, -0.2) is 20.3 Å². The summed E-state index contributed by atoms with van der Waals surface area (Å²) in [6.07, 6.45) is 0. The molecule has 0 aliphatic heterocycles. The van der Waals surface area contributed by atoms with E-state index >= 15 is 0 Å². The Balaban J connectivity index is -0.000000105. The van der Waals surface area contributed by atoms with E-state index in [1.165, 1.54) is 14.2 Å². The second-order valence-corrected chi connectivity index (χ2v) is 0.959. The van der Waals surface area contributed by atoms with Gasteiger partial charge in [0.1, 0.15) is 0 Å². The molecule has 0 rings (SSSR count). The van der Waals surface area contributed by atoms with Crippen molar-refractivity contribution in [3.8, 4) is 0 Å². The normalized spacial score (nSPS) is 7.50. The highest BCUT2D eigenvalue weighted by atomic mass is 17.6. The summed E-state index contributed by atoms with van der Waals surface area (Å²) in [7, 11) is 5.66. The molecule has 0 radical (unpaired) electrons. The van der Waals surface area contributed by atoms with Gasteiger partial charge in [-0.3, -0.25) is 0 Å². The molecule has 0 aromatic carbocycles. The molecule has 0 saturated heterocycles. The van der Waals surface area contributed by atoms with Crippen molar-refractivity contribution in [1.29, 1.82) is 0 Å². The van der Waals surface area contributed by atoms with Crippen LogP contribution in [0.4, 0.5) is 0 Å². The van der Waals surface area contributed by atoms with Crippen LogP contribution in [0.3, 0.4) is 0 Å². The fraction of sp³-hybridized carbons (Fsp3) is 1.00. The first kappa shape index (κ1) is 17.7. The number of ether oxygens (including phenoxy) is 1. The lowest BCUT2D eigenvalue weighted by Crippen LogP contribution is -1.83. The molecule has 0 saturated carbocycles. The SMILES string of the molecule is COC.COOO.COOOO. The highest BCUT2D eigenvalue weighted by Crippen LogP contribution is 1.64. The fourth-order valence-electron chi connectivity index (χ4n) is 0.0304. The first-order valence-electron chi connectivity index (χ1n) is 2.50. The largest absolute Gasteiger partial charge is 0.388 e. The first-order valence-corrected chi connectivity index (χ1v) is 2.50. The Hall–Kier alpha value is -0.320. The second kappa shape index (κ2) is 31.0. The van der Waals surface area contributed by atoms with Gasteiger partial charge in [-0.15, -0.1) is 0 Å². The quantitative estimate of drug-likeness (QED) is 0.483. The van der Waals surface area contributed by atoms with E-state index in [1.54, 1.807) is 14.2 Å². The van der Waals surface area contributed by atoms with Crippen LogP contribution in [0.1, 0.15) is 0 Å². The van der Waals surface area contributed by atoms with Gasteiger partial charge < -0.3 is 4.74 Å². The molecule has 2 N–H and O–H groups in total. The van der Waals surface area contributed by atoms with E-state index in [9.17, 15) is 0 Å². The van der Waals surface area contributed by atoms with Gasteiger partial charge >= 0.3 is 0 Å². The zero-order chi connectivity index (χ0) is 10.2. The van der Waals surface area contributed by atoms with Crippen molar-refractivity contribution in [3.05, 3.63) is 0 Å². The molecule has 8 nitrogen and oxygen atoms in total. The summed E-state index contributed by atoms with van der Waals surface area (Å²) in [5.74, 6) is 0. The average molecular weight is 190 g/mol. The third kappa shape index (κ3) is 102. The van der Waals surface area contributed by atoms with Gasteiger partial charge in [0, 0.05) is 14.2 Å². The third-order valence-corrected chi connectivity index (χ3v) is 0.173. The van der Waals surface area contributed by atoms with Crippen LogP contribution < -0.4 is 0 Å². The van der Waals surface area contributed by atoms with E-state index in [1.807, 2.05) is 0 Å². The molecule has 78 valence electrons. The molecule has 0 aromatic rings. The van der Waals surface area contributed by atoms with Crippen LogP contribution in [-0.4, -0.2) is 39.0 Å². The van der Waals surface area contributed by atoms with Gasteiger partial charge in [0.2, 0.25) is 0 Å². The third-order valence-electron chi connectivity index (χ3n) is 0.173. The van der Waals surface area contributed by atoms with Gasteiger partial charge in [0.05, 0.1) is 14.2 Å². The summed E-state index contributed by atoms with van der Waals surface area (Å²) in [6.45, 7) is 0. The Labute approximate surface area is 69.8 Å². The van der Waals surface area contributed by atoms with Crippen LogP contribution in [0.5, 0.6) is 0 Å². The lowest BCUT2D eigenvalue weighted by molar-refractivity contribution is -0.617. The number of hydrogen-bond acceptors (Lipinski definition) is 8. The van der Waals surface area contributed by atoms with E-state index in [0.717, 1.165) is 0 Å². The van der Waals surface area contributed by atoms with Crippen molar-refractivity contribution in [1.82, 2.24) is 0 Å². The van der Waals surface area contributed by atoms with Crippen molar-refractivity contribution in [3.63, 3.8) is 0 Å². The van der Waals surface area contributed by atoms with E-state index < -0.39 is 0 Å². The lowest BCUT2D eigenvalue weighted by Gasteiger charge is -1.82. The van der Waals surface area contributed by atoms with E-state index in [0.29, 0.717) is 0 Å². The molecule has 0 bridgehead atoms. The van der Waals surface area contributed by atoms with Gasteiger partial charge in [-0.05, 0) is 10.1 Å². The minimum absolute atomic E-state index is 1.20. The number of rotatable bonds is 3. The van der Waals surface area contributed by atoms with Crippen LogP contribution in [0.15, 0.2) is 0 Å². The van der Waals surface area contributed by atoms with Gasteiger partial charge in [-0.1, -0.05) is 5.04 Å². The summed E-state index contributed by atoms with van der Waals surface area (Å²) in [6, 6.07) is 0. The zero-order valence-electron chi connectivity index (χ0n) is 7.34. The Morgan fingerprint density at radius 1 is 0.750 bits per heavy atom. The maximum atomic E-state index is 7.22. The highest BCUT2D eigenvalue weighted by molar-refractivity contribution is 3.56. The smallest absolute Gasteiger partial charge is 0.0745 e. The summed E-state index contributed by atoms with van der Waals surface area (Å²) in [5.41, 5.74) is 0. The summed E-state index contributed by atoms with van der Waals surface area (Å²) in [4.78, 5) is 7.32. The Bertz CT molecular complexity index is 38.0. The van der Waals surface area contributed by atoms with E-state index in [4.69, 9.17) is 10.5 Å². The van der Waals surface area contributed by atoms with Crippen LogP contribution in [0.25, 0.3) is 0 Å². The van der Waals surface area contributed by atoms with Crippen molar-refractivity contribution in [2.24, 2.45) is 0 Å². The molecule has 0 aliphatic rings. The summed E-state index contributed by atoms with van der Waals surface area (Å²) >= 11 is 0. The fourth-order valence-corrected chi connectivity index (χ4v) is 0.0304. The Morgan fingerprint density at radius 2 is 1.08 bits per heavy atom. The first-order chi connectivity index (χ1) is 5.74. The maximum Gasteiger partial charge on any atom is 0.0745 e. The molecule has 0 aromatic heterocycles. The molecule has 0 spiro atoms. The Kier molecular flexibility index (Phi) is 45.7. The molecule has 0 aliphatic carbocycles. The minimum Gasteiger partial charge on any atom is -0.388 e. The topological polar surface area (TPSA) is 95.8 Å². The van der Waals surface area contributed by atoms with Gasteiger partial charge in [0.25, 0.3) is 0 Å². The second-order valence-electron chi connectivity index (χ2n) is 0.959. The molecule has 0 heterocycles.